The van der Waals surface area contributed by atoms with E-state index < -0.39 is 0 Å². The van der Waals surface area contributed by atoms with Crippen molar-refractivity contribution < 1.29 is 0 Å². The summed E-state index contributed by atoms with van der Waals surface area (Å²) in [6, 6.07) is 2.02. The smallest absolute Gasteiger partial charge is 0.167 e. The molecule has 0 atom stereocenters. The highest BCUT2D eigenvalue weighted by Gasteiger charge is 2.22. The minimum absolute atomic E-state index is 0.118. The molecule has 0 radical (unpaired) electrons. The number of nitrogen functional groups attached to an aromatic ring is 2. The minimum atomic E-state index is -0.200. The van der Waals surface area contributed by atoms with Crippen LogP contribution in [-0.4, -0.2) is 15.0 Å². The van der Waals surface area contributed by atoms with E-state index in [2.05, 4.69) is 16.9 Å². The Hall–Kier alpha value is -2.42. The number of aromatic nitrogens is 3. The summed E-state index contributed by atoms with van der Waals surface area (Å²) in [5, 5.41) is 9.88. The van der Waals surface area contributed by atoms with E-state index in [4.69, 9.17) is 16.5 Å². The third-order valence-electron chi connectivity index (χ3n) is 3.54. The van der Waals surface area contributed by atoms with E-state index in [9.17, 15) is 5.26 Å². The average molecular weight is 298 g/mol. The third kappa shape index (κ3) is 2.80. The molecule has 2 rings (SSSR count). The quantitative estimate of drug-likeness (QED) is 0.900. The fourth-order valence-corrected chi connectivity index (χ4v) is 2.26. The summed E-state index contributed by atoms with van der Waals surface area (Å²) in [4.78, 5) is 13.5. The largest absolute Gasteiger partial charge is 0.397 e. The second-order valence-electron chi connectivity index (χ2n) is 6.44. The summed E-state index contributed by atoms with van der Waals surface area (Å²) in [5.41, 5.74) is 13.6. The molecule has 0 unspecified atom stereocenters. The zero-order chi connectivity index (χ0) is 16.5. The van der Waals surface area contributed by atoms with Gasteiger partial charge in [-0.05, 0) is 12.8 Å². The first-order valence-corrected chi connectivity index (χ1v) is 7.45. The topological polar surface area (TPSA) is 114 Å². The Bertz CT molecular complexity index is 752. The first-order chi connectivity index (χ1) is 10.3. The Balaban J connectivity index is 2.83. The lowest BCUT2D eigenvalue weighted by Crippen LogP contribution is -2.18. The predicted molar refractivity (Wildman–Crippen MR) is 88.2 cm³/mol. The fourth-order valence-electron chi connectivity index (χ4n) is 2.26. The number of unbranched alkanes of at least 4 members (excludes halogenated alkanes) is 1. The Morgan fingerprint density at radius 2 is 1.82 bits per heavy atom. The van der Waals surface area contributed by atoms with Crippen LogP contribution in [0.15, 0.2) is 0 Å². The zero-order valence-corrected chi connectivity index (χ0v) is 13.6. The molecular weight excluding hydrogens is 276 g/mol. The summed E-state index contributed by atoms with van der Waals surface area (Å²) < 4.78 is 0. The molecule has 0 saturated carbocycles. The van der Waals surface area contributed by atoms with Gasteiger partial charge in [0.15, 0.2) is 5.65 Å². The van der Waals surface area contributed by atoms with E-state index >= 15 is 0 Å². The first kappa shape index (κ1) is 16.0. The van der Waals surface area contributed by atoms with Crippen molar-refractivity contribution in [2.45, 2.75) is 52.4 Å². The molecule has 0 fully saturated rings. The molecule has 4 N–H and O–H groups in total. The lowest BCUT2D eigenvalue weighted by atomic mass is 9.95. The van der Waals surface area contributed by atoms with Gasteiger partial charge in [-0.3, -0.25) is 0 Å². The summed E-state index contributed by atoms with van der Waals surface area (Å²) in [5.74, 6) is 0.828. The molecule has 0 aliphatic rings. The van der Waals surface area contributed by atoms with Gasteiger partial charge in [-0.15, -0.1) is 0 Å². The molecule has 0 aliphatic carbocycles. The van der Waals surface area contributed by atoms with Crippen molar-refractivity contribution in [1.82, 2.24) is 15.0 Å². The number of aryl methyl sites for hydroxylation is 1. The lowest BCUT2D eigenvalue weighted by molar-refractivity contribution is 0.543. The number of rotatable bonds is 3. The van der Waals surface area contributed by atoms with E-state index in [-0.39, 0.29) is 16.8 Å². The highest BCUT2D eigenvalue weighted by molar-refractivity contribution is 5.95. The maximum atomic E-state index is 9.22. The van der Waals surface area contributed by atoms with Crippen molar-refractivity contribution in [3.05, 3.63) is 17.1 Å². The number of nitriles is 1. The van der Waals surface area contributed by atoms with Crippen LogP contribution in [0.2, 0.25) is 0 Å². The number of nitrogens with two attached hydrogens (primary N) is 2. The molecule has 2 heterocycles. The molecule has 116 valence electrons. The van der Waals surface area contributed by atoms with Gasteiger partial charge in [0.25, 0.3) is 0 Å². The van der Waals surface area contributed by atoms with Gasteiger partial charge in [0.05, 0.1) is 16.8 Å². The minimum Gasteiger partial charge on any atom is -0.397 e. The number of nitrogens with zero attached hydrogens (tertiary/aromatic N) is 4. The van der Waals surface area contributed by atoms with Gasteiger partial charge in [0.1, 0.15) is 23.3 Å². The number of anilines is 2. The SMILES string of the molecule is CCCCc1nc(C(C)(C)C)nc2nc(N)c(C#N)c(N)c12. The molecule has 0 aromatic carbocycles. The monoisotopic (exact) mass is 298 g/mol. The molecule has 0 amide bonds. The fraction of sp³-hybridized carbons (Fsp3) is 0.500. The van der Waals surface area contributed by atoms with Crippen LogP contribution < -0.4 is 11.5 Å². The molecule has 0 saturated heterocycles. The van der Waals surface area contributed by atoms with Crippen LogP contribution in [0.1, 0.15) is 57.6 Å². The van der Waals surface area contributed by atoms with Gasteiger partial charge in [0.2, 0.25) is 0 Å². The van der Waals surface area contributed by atoms with Crippen LogP contribution in [0.25, 0.3) is 11.0 Å². The summed E-state index contributed by atoms with van der Waals surface area (Å²) in [6.45, 7) is 8.27. The second kappa shape index (κ2) is 5.76. The van der Waals surface area contributed by atoms with E-state index in [0.717, 1.165) is 25.0 Å². The molecule has 2 aromatic rings. The molecular formula is C16H22N6. The number of pyridine rings is 1. The van der Waals surface area contributed by atoms with Gasteiger partial charge >= 0.3 is 0 Å². The molecule has 0 spiro atoms. The standard InChI is InChI=1S/C16H22N6/c1-5-6-7-10-11-12(18)9(8-17)13(19)21-14(11)22-15(20-10)16(2,3)4/h5-7H2,1-4H3,(H4,18,19,20,21,22). The number of fused-ring (bicyclic) bond motifs is 1. The van der Waals surface area contributed by atoms with E-state index in [1.807, 2.05) is 26.8 Å². The molecule has 2 aromatic heterocycles. The van der Waals surface area contributed by atoms with Gasteiger partial charge < -0.3 is 11.5 Å². The maximum absolute atomic E-state index is 9.22. The summed E-state index contributed by atoms with van der Waals surface area (Å²) >= 11 is 0. The van der Waals surface area contributed by atoms with Gasteiger partial charge in [-0.25, -0.2) is 15.0 Å². The van der Waals surface area contributed by atoms with Crippen molar-refractivity contribution in [1.29, 1.82) is 5.26 Å². The molecule has 0 aliphatic heterocycles. The van der Waals surface area contributed by atoms with Gasteiger partial charge in [-0.2, -0.15) is 5.26 Å². The van der Waals surface area contributed by atoms with Crippen LogP contribution in [0.5, 0.6) is 0 Å². The highest BCUT2D eigenvalue weighted by Crippen LogP contribution is 2.31. The van der Waals surface area contributed by atoms with Crippen molar-refractivity contribution >= 4 is 22.5 Å². The van der Waals surface area contributed by atoms with Crippen molar-refractivity contribution in [2.24, 2.45) is 0 Å². The maximum Gasteiger partial charge on any atom is 0.167 e. The van der Waals surface area contributed by atoms with E-state index in [1.165, 1.54) is 0 Å². The van der Waals surface area contributed by atoms with E-state index in [1.54, 1.807) is 0 Å². The zero-order valence-electron chi connectivity index (χ0n) is 13.6. The Morgan fingerprint density at radius 3 is 2.36 bits per heavy atom. The number of hydrogen-bond acceptors (Lipinski definition) is 6. The Labute approximate surface area is 130 Å². The molecule has 0 bridgehead atoms. The van der Waals surface area contributed by atoms with Crippen LogP contribution >= 0.6 is 0 Å². The summed E-state index contributed by atoms with van der Waals surface area (Å²) in [6.07, 6.45) is 2.81. The van der Waals surface area contributed by atoms with Crippen LogP contribution in [0.4, 0.5) is 11.5 Å². The second-order valence-corrected chi connectivity index (χ2v) is 6.44. The van der Waals surface area contributed by atoms with E-state index in [0.29, 0.717) is 22.5 Å². The van der Waals surface area contributed by atoms with Crippen molar-refractivity contribution in [3.8, 4) is 6.07 Å². The molecule has 6 nitrogen and oxygen atoms in total. The van der Waals surface area contributed by atoms with Crippen molar-refractivity contribution in [2.75, 3.05) is 11.5 Å². The highest BCUT2D eigenvalue weighted by atomic mass is 15.0. The lowest BCUT2D eigenvalue weighted by Gasteiger charge is -2.19. The Morgan fingerprint density at radius 1 is 1.14 bits per heavy atom. The Kier molecular flexibility index (Phi) is 4.18. The van der Waals surface area contributed by atoms with Crippen LogP contribution in [0.3, 0.4) is 0 Å². The first-order valence-electron chi connectivity index (χ1n) is 7.45. The van der Waals surface area contributed by atoms with Crippen LogP contribution in [-0.2, 0) is 11.8 Å². The molecule has 6 heteroatoms. The predicted octanol–water partition coefficient (Wildman–Crippen LogP) is 2.70. The third-order valence-corrected chi connectivity index (χ3v) is 3.54. The average Bonchev–Trinajstić information content (AvgIpc) is 2.43. The van der Waals surface area contributed by atoms with Gasteiger partial charge in [0, 0.05) is 5.41 Å². The molecule has 22 heavy (non-hydrogen) atoms. The number of hydrogen-bond donors (Lipinski definition) is 2. The van der Waals surface area contributed by atoms with Crippen LogP contribution in [0, 0.1) is 11.3 Å². The van der Waals surface area contributed by atoms with Crippen molar-refractivity contribution in [3.63, 3.8) is 0 Å². The summed E-state index contributed by atoms with van der Waals surface area (Å²) in [7, 11) is 0. The normalized spacial score (nSPS) is 11.6. The van der Waals surface area contributed by atoms with Gasteiger partial charge in [-0.1, -0.05) is 34.1 Å².